The summed E-state index contributed by atoms with van der Waals surface area (Å²) in [5.41, 5.74) is 6.90. The van der Waals surface area contributed by atoms with E-state index in [1.54, 1.807) is 0 Å². The van der Waals surface area contributed by atoms with Crippen molar-refractivity contribution in [3.8, 4) is 16.8 Å². The Kier molecular flexibility index (Phi) is 7.50. The van der Waals surface area contributed by atoms with E-state index in [-0.39, 0.29) is 5.56 Å². The van der Waals surface area contributed by atoms with Crippen molar-refractivity contribution in [1.82, 2.24) is 9.55 Å². The number of carbonyl (C=O) groups is 2. The van der Waals surface area contributed by atoms with Crippen LogP contribution in [0.5, 0.6) is 0 Å². The minimum Gasteiger partial charge on any atom is -0.478 e. The van der Waals surface area contributed by atoms with E-state index in [0.717, 1.165) is 71.6 Å². The zero-order valence-corrected chi connectivity index (χ0v) is 22.3. The summed E-state index contributed by atoms with van der Waals surface area (Å²) in [6, 6.07) is 19.3. The van der Waals surface area contributed by atoms with Gasteiger partial charge in [-0.15, -0.1) is 0 Å². The van der Waals surface area contributed by atoms with Crippen LogP contribution in [0.25, 0.3) is 27.8 Å². The van der Waals surface area contributed by atoms with Crippen LogP contribution in [0.15, 0.2) is 71.9 Å². The smallest absolute Gasteiger partial charge is 0.336 e. The van der Waals surface area contributed by atoms with Gasteiger partial charge in [0.15, 0.2) is 0 Å². The third kappa shape index (κ3) is 5.17. The topological polar surface area (TPSA) is 104 Å². The van der Waals surface area contributed by atoms with Crippen LogP contribution in [-0.4, -0.2) is 31.7 Å². The first-order valence-corrected chi connectivity index (χ1v) is 13.6. The van der Waals surface area contributed by atoms with E-state index in [9.17, 15) is 19.8 Å². The predicted molar refractivity (Wildman–Crippen MR) is 154 cm³/mol. The van der Waals surface area contributed by atoms with Gasteiger partial charge in [0, 0.05) is 17.8 Å². The number of hydrogen-bond donors (Lipinski definition) is 3. The van der Waals surface area contributed by atoms with Crippen molar-refractivity contribution >= 4 is 28.7 Å². The molecule has 7 nitrogen and oxygen atoms in total. The lowest BCUT2D eigenvalue weighted by Crippen LogP contribution is -2.14. The molecule has 3 aromatic carbocycles. The van der Waals surface area contributed by atoms with Crippen LogP contribution in [0.1, 0.15) is 67.2 Å². The molecule has 0 amide bonds. The van der Waals surface area contributed by atoms with Crippen LogP contribution in [0.4, 0.5) is 5.69 Å². The van der Waals surface area contributed by atoms with Gasteiger partial charge in [-0.25, -0.2) is 14.6 Å². The second kappa shape index (κ2) is 11.2. The largest absolute Gasteiger partial charge is 0.478 e. The van der Waals surface area contributed by atoms with Crippen molar-refractivity contribution in [1.29, 1.82) is 0 Å². The van der Waals surface area contributed by atoms with Crippen molar-refractivity contribution in [3.63, 3.8) is 0 Å². The van der Waals surface area contributed by atoms with E-state index in [2.05, 4.69) is 16.8 Å². The van der Waals surface area contributed by atoms with E-state index in [1.165, 1.54) is 0 Å². The number of nitrogens with zero attached hydrogens (tertiary/aromatic N) is 2. The Morgan fingerprint density at radius 2 is 1.74 bits per heavy atom. The highest BCUT2D eigenvalue weighted by atomic mass is 16.4. The molecule has 0 fully saturated rings. The number of aliphatic carboxylic acids is 1. The number of allylic oxidation sites excluding steroid dienone is 1. The second-order valence-electron chi connectivity index (χ2n) is 10.1. The lowest BCUT2D eigenvalue weighted by atomic mass is 9.94. The van der Waals surface area contributed by atoms with Gasteiger partial charge in [0.05, 0.1) is 27.9 Å². The average Bonchev–Trinajstić information content (AvgIpc) is 3.29. The summed E-state index contributed by atoms with van der Waals surface area (Å²) in [7, 11) is 0. The summed E-state index contributed by atoms with van der Waals surface area (Å²) in [6.07, 6.45) is 5.80. The molecule has 1 heterocycles. The molecule has 0 bridgehead atoms. The van der Waals surface area contributed by atoms with Gasteiger partial charge >= 0.3 is 11.9 Å². The lowest BCUT2D eigenvalue weighted by Gasteiger charge is -2.20. The minimum atomic E-state index is -0.972. The van der Waals surface area contributed by atoms with Gasteiger partial charge < -0.3 is 15.5 Å². The first-order chi connectivity index (χ1) is 18.9. The van der Waals surface area contributed by atoms with Crippen LogP contribution in [0.3, 0.4) is 0 Å². The number of aryl methyl sites for hydroxylation is 1. The zero-order chi connectivity index (χ0) is 27.5. The molecule has 5 rings (SSSR count). The maximum atomic E-state index is 12.5. The molecule has 0 spiro atoms. The van der Waals surface area contributed by atoms with Crippen molar-refractivity contribution < 1.29 is 19.8 Å². The third-order valence-corrected chi connectivity index (χ3v) is 7.48. The molecule has 0 saturated carbocycles. The van der Waals surface area contributed by atoms with Crippen molar-refractivity contribution in [2.75, 3.05) is 5.32 Å². The fourth-order valence-electron chi connectivity index (χ4n) is 5.50. The van der Waals surface area contributed by atoms with E-state index in [1.807, 2.05) is 67.6 Å². The lowest BCUT2D eigenvalue weighted by molar-refractivity contribution is -0.133. The highest BCUT2D eigenvalue weighted by Gasteiger charge is 2.22. The van der Waals surface area contributed by atoms with Gasteiger partial charge in [0.2, 0.25) is 0 Å². The Morgan fingerprint density at radius 3 is 2.46 bits per heavy atom. The molecule has 39 heavy (non-hydrogen) atoms. The highest BCUT2D eigenvalue weighted by molar-refractivity contribution is 5.99. The SMILES string of the molecule is CCCCc1nc2ccc(NC3=C(C(=O)O)CCCC3)cc2n1-c1ccc(-c2ccccc2)c(C(=O)O)c1C. The predicted octanol–water partition coefficient (Wildman–Crippen LogP) is 7.37. The normalized spacial score (nSPS) is 13.6. The van der Waals surface area contributed by atoms with Gasteiger partial charge in [-0.05, 0) is 80.0 Å². The molecule has 200 valence electrons. The number of unbranched alkanes of at least 4 members (excludes halogenated alkanes) is 1. The Balaban J connectivity index is 1.68. The first kappa shape index (κ1) is 26.2. The number of hydrogen-bond acceptors (Lipinski definition) is 4. The second-order valence-corrected chi connectivity index (χ2v) is 10.1. The first-order valence-electron chi connectivity index (χ1n) is 13.6. The number of aromatic nitrogens is 2. The van der Waals surface area contributed by atoms with E-state index < -0.39 is 11.9 Å². The summed E-state index contributed by atoms with van der Waals surface area (Å²) in [5, 5.41) is 23.3. The number of imidazole rings is 1. The molecule has 0 unspecified atom stereocenters. The molecule has 4 aromatic rings. The number of carboxylic acids is 2. The number of aromatic carboxylic acids is 1. The molecule has 0 radical (unpaired) electrons. The van der Waals surface area contributed by atoms with E-state index >= 15 is 0 Å². The molecule has 1 aliphatic rings. The van der Waals surface area contributed by atoms with Crippen LogP contribution < -0.4 is 5.32 Å². The minimum absolute atomic E-state index is 0.273. The fraction of sp³-hybridized carbons (Fsp3) is 0.281. The molecular formula is C32H33N3O4. The molecule has 0 atom stereocenters. The number of benzene rings is 3. The molecular weight excluding hydrogens is 490 g/mol. The average molecular weight is 524 g/mol. The number of fused-ring (bicyclic) bond motifs is 1. The van der Waals surface area contributed by atoms with Gasteiger partial charge in [-0.1, -0.05) is 49.7 Å². The van der Waals surface area contributed by atoms with E-state index in [0.29, 0.717) is 29.5 Å². The Morgan fingerprint density at radius 1 is 0.974 bits per heavy atom. The summed E-state index contributed by atoms with van der Waals surface area (Å²) >= 11 is 0. The molecule has 1 aliphatic carbocycles. The Bertz CT molecular complexity index is 1580. The number of rotatable bonds is 9. The fourth-order valence-corrected chi connectivity index (χ4v) is 5.50. The quantitative estimate of drug-likeness (QED) is 0.212. The van der Waals surface area contributed by atoms with Crippen molar-refractivity contribution in [2.45, 2.75) is 58.8 Å². The number of carboxylic acid groups (broad SMARTS) is 2. The monoisotopic (exact) mass is 523 g/mol. The van der Waals surface area contributed by atoms with Gasteiger partial charge in [-0.2, -0.15) is 0 Å². The maximum absolute atomic E-state index is 12.5. The summed E-state index contributed by atoms with van der Waals surface area (Å²) in [6.45, 7) is 3.99. The Hall–Kier alpha value is -4.39. The standard InChI is InChI=1S/C32H33N3O4/c1-3-4-14-29-34-26-17-15-22(33-25-13-9-8-12-24(25)31(36)37)19-28(26)35(29)27-18-16-23(21-10-6-5-7-11-21)30(20(27)2)32(38)39/h5-7,10-11,15-19,33H,3-4,8-9,12-14H2,1-2H3,(H,36,37)(H,38,39). The van der Waals surface area contributed by atoms with E-state index in [4.69, 9.17) is 4.98 Å². The number of anilines is 1. The van der Waals surface area contributed by atoms with Gasteiger partial charge in [-0.3, -0.25) is 4.57 Å². The molecule has 3 N–H and O–H groups in total. The summed E-state index contributed by atoms with van der Waals surface area (Å²) < 4.78 is 2.07. The molecule has 0 aliphatic heterocycles. The summed E-state index contributed by atoms with van der Waals surface area (Å²) in [4.78, 5) is 29.3. The maximum Gasteiger partial charge on any atom is 0.336 e. The molecule has 1 aromatic heterocycles. The third-order valence-electron chi connectivity index (χ3n) is 7.48. The van der Waals surface area contributed by atoms with Crippen LogP contribution >= 0.6 is 0 Å². The van der Waals surface area contributed by atoms with Crippen molar-refractivity contribution in [2.24, 2.45) is 0 Å². The van der Waals surface area contributed by atoms with Gasteiger partial charge in [0.25, 0.3) is 0 Å². The summed E-state index contributed by atoms with van der Waals surface area (Å²) in [5.74, 6) is -0.972. The van der Waals surface area contributed by atoms with Gasteiger partial charge in [0.1, 0.15) is 5.82 Å². The van der Waals surface area contributed by atoms with Crippen LogP contribution in [0, 0.1) is 6.92 Å². The van der Waals surface area contributed by atoms with Crippen molar-refractivity contribution in [3.05, 3.63) is 88.9 Å². The highest BCUT2D eigenvalue weighted by Crippen LogP contribution is 2.34. The Labute approximate surface area is 227 Å². The molecule has 0 saturated heterocycles. The zero-order valence-electron chi connectivity index (χ0n) is 22.3. The number of nitrogens with one attached hydrogen (secondary N) is 1. The van der Waals surface area contributed by atoms with Crippen LogP contribution in [0.2, 0.25) is 0 Å². The van der Waals surface area contributed by atoms with Crippen LogP contribution in [-0.2, 0) is 11.2 Å². The molecule has 7 heteroatoms.